The second-order valence-electron chi connectivity index (χ2n) is 4.74. The van der Waals surface area contributed by atoms with E-state index in [2.05, 4.69) is 0 Å². The third kappa shape index (κ3) is 2.13. The molecule has 0 aliphatic carbocycles. The molecule has 0 unspecified atom stereocenters. The molecule has 102 valence electrons. The average Bonchev–Trinajstić information content (AvgIpc) is 2.46. The van der Waals surface area contributed by atoms with Crippen molar-refractivity contribution in [2.24, 2.45) is 0 Å². The summed E-state index contributed by atoms with van der Waals surface area (Å²) in [4.78, 5) is 13.9. The van der Waals surface area contributed by atoms with Crippen molar-refractivity contribution in [2.45, 2.75) is 19.6 Å². The minimum absolute atomic E-state index is 0.160. The summed E-state index contributed by atoms with van der Waals surface area (Å²) in [5, 5.41) is 0. The van der Waals surface area contributed by atoms with Gasteiger partial charge in [-0.15, -0.1) is 0 Å². The van der Waals surface area contributed by atoms with Gasteiger partial charge in [0.25, 0.3) is 5.91 Å². The number of fused-ring (bicyclic) bond motifs is 1. The van der Waals surface area contributed by atoms with Crippen molar-refractivity contribution in [3.05, 3.63) is 59.9 Å². The molecule has 0 saturated carbocycles. The van der Waals surface area contributed by atoms with Gasteiger partial charge in [-0.1, -0.05) is 30.3 Å². The number of halogens is 1. The van der Waals surface area contributed by atoms with Crippen LogP contribution in [0.15, 0.2) is 48.5 Å². The van der Waals surface area contributed by atoms with E-state index in [-0.39, 0.29) is 18.3 Å². The molecule has 0 spiro atoms. The highest BCUT2D eigenvalue weighted by molar-refractivity contribution is 5.99. The third-order valence-electron chi connectivity index (χ3n) is 3.36. The number of carbonyl (C=O) groups is 1. The van der Waals surface area contributed by atoms with Crippen molar-refractivity contribution < 1.29 is 13.9 Å². The smallest absolute Gasteiger partial charge is 0.268 e. The number of benzene rings is 2. The minimum Gasteiger partial charge on any atom is -0.479 e. The standard InChI is InChI=1S/C16H14FNO2/c1-11-16(19)18(10-12-6-2-3-7-13(12)17)14-8-4-5-9-15(14)20-11/h2-9,11H,10H2,1H3/t11-/m0/s1. The minimum atomic E-state index is -0.559. The summed E-state index contributed by atoms with van der Waals surface area (Å²) >= 11 is 0. The van der Waals surface area contributed by atoms with E-state index in [9.17, 15) is 9.18 Å². The molecule has 2 aromatic rings. The van der Waals surface area contributed by atoms with Crippen molar-refractivity contribution in [1.82, 2.24) is 0 Å². The van der Waals surface area contributed by atoms with Gasteiger partial charge in [-0.05, 0) is 25.1 Å². The molecule has 1 heterocycles. The summed E-state index contributed by atoms with van der Waals surface area (Å²) in [6.07, 6.45) is -0.559. The number of hydrogen-bond acceptors (Lipinski definition) is 2. The fourth-order valence-corrected chi connectivity index (χ4v) is 2.32. The first-order valence-corrected chi connectivity index (χ1v) is 6.47. The number of ether oxygens (including phenoxy) is 1. The number of carbonyl (C=O) groups excluding carboxylic acids is 1. The van der Waals surface area contributed by atoms with Crippen LogP contribution in [0.3, 0.4) is 0 Å². The third-order valence-corrected chi connectivity index (χ3v) is 3.36. The summed E-state index contributed by atoms with van der Waals surface area (Å²) in [6, 6.07) is 13.8. The Morgan fingerprint density at radius 3 is 2.65 bits per heavy atom. The zero-order valence-corrected chi connectivity index (χ0v) is 11.0. The normalized spacial score (nSPS) is 17.6. The molecule has 2 aromatic carbocycles. The van der Waals surface area contributed by atoms with Crippen molar-refractivity contribution >= 4 is 11.6 Å². The van der Waals surface area contributed by atoms with Crippen molar-refractivity contribution in [1.29, 1.82) is 0 Å². The van der Waals surface area contributed by atoms with Gasteiger partial charge in [-0.2, -0.15) is 0 Å². The maximum Gasteiger partial charge on any atom is 0.268 e. The summed E-state index contributed by atoms with van der Waals surface area (Å²) in [6.45, 7) is 1.91. The van der Waals surface area contributed by atoms with E-state index in [4.69, 9.17) is 4.74 Å². The fourth-order valence-electron chi connectivity index (χ4n) is 2.32. The lowest BCUT2D eigenvalue weighted by Crippen LogP contribution is -2.44. The number of para-hydroxylation sites is 2. The van der Waals surface area contributed by atoms with Crippen LogP contribution in [0.1, 0.15) is 12.5 Å². The van der Waals surface area contributed by atoms with E-state index in [0.717, 1.165) is 0 Å². The molecular formula is C16H14FNO2. The van der Waals surface area contributed by atoms with Gasteiger partial charge in [0.2, 0.25) is 0 Å². The highest BCUT2D eigenvalue weighted by atomic mass is 19.1. The monoisotopic (exact) mass is 271 g/mol. The van der Waals surface area contributed by atoms with Crippen LogP contribution in [0.4, 0.5) is 10.1 Å². The molecule has 3 rings (SSSR count). The predicted molar refractivity (Wildman–Crippen MR) is 74.1 cm³/mol. The van der Waals surface area contributed by atoms with Crippen molar-refractivity contribution in [3.8, 4) is 5.75 Å². The van der Waals surface area contributed by atoms with Crippen molar-refractivity contribution in [2.75, 3.05) is 4.90 Å². The van der Waals surface area contributed by atoms with Gasteiger partial charge < -0.3 is 9.64 Å². The zero-order chi connectivity index (χ0) is 14.1. The number of nitrogens with zero attached hydrogens (tertiary/aromatic N) is 1. The fraction of sp³-hybridized carbons (Fsp3) is 0.188. The first kappa shape index (κ1) is 12.7. The Balaban J connectivity index is 2.00. The van der Waals surface area contributed by atoms with Gasteiger partial charge in [-0.25, -0.2) is 4.39 Å². The van der Waals surface area contributed by atoms with E-state index in [0.29, 0.717) is 17.0 Å². The molecule has 20 heavy (non-hydrogen) atoms. The van der Waals surface area contributed by atoms with Crippen LogP contribution in [0.2, 0.25) is 0 Å². The number of hydrogen-bond donors (Lipinski definition) is 0. The molecule has 0 aromatic heterocycles. The Morgan fingerprint density at radius 1 is 1.15 bits per heavy atom. The van der Waals surface area contributed by atoms with Crippen LogP contribution in [0.25, 0.3) is 0 Å². The second-order valence-corrected chi connectivity index (χ2v) is 4.74. The SMILES string of the molecule is C[C@@H]1Oc2ccccc2N(Cc2ccccc2F)C1=O. The molecule has 4 heteroatoms. The number of rotatable bonds is 2. The lowest BCUT2D eigenvalue weighted by Gasteiger charge is -2.33. The van der Waals surface area contributed by atoms with Crippen LogP contribution < -0.4 is 9.64 Å². The number of amides is 1. The summed E-state index contributed by atoms with van der Waals surface area (Å²) in [7, 11) is 0. The van der Waals surface area contributed by atoms with E-state index in [1.165, 1.54) is 6.07 Å². The highest BCUT2D eigenvalue weighted by Gasteiger charge is 2.31. The molecule has 0 fully saturated rings. The Hall–Kier alpha value is -2.36. The highest BCUT2D eigenvalue weighted by Crippen LogP contribution is 2.34. The molecule has 1 amide bonds. The average molecular weight is 271 g/mol. The molecule has 1 atom stereocenters. The molecule has 1 aliphatic rings. The summed E-state index contributed by atoms with van der Waals surface area (Å²) in [5.74, 6) is 0.180. The van der Waals surface area contributed by atoms with E-state index in [1.54, 1.807) is 36.1 Å². The first-order valence-electron chi connectivity index (χ1n) is 6.47. The number of anilines is 1. The maximum atomic E-state index is 13.8. The van der Waals surface area contributed by atoms with Crippen molar-refractivity contribution in [3.63, 3.8) is 0 Å². The molecular weight excluding hydrogens is 257 g/mol. The largest absolute Gasteiger partial charge is 0.479 e. The second kappa shape index (κ2) is 4.96. The van der Waals surface area contributed by atoms with E-state index < -0.39 is 6.10 Å². The Labute approximate surface area is 116 Å². The molecule has 0 radical (unpaired) electrons. The predicted octanol–water partition coefficient (Wildman–Crippen LogP) is 3.14. The van der Waals surface area contributed by atoms with Crippen LogP contribution in [-0.2, 0) is 11.3 Å². The summed E-state index contributed by atoms with van der Waals surface area (Å²) < 4.78 is 19.3. The maximum absolute atomic E-state index is 13.8. The van der Waals surface area contributed by atoms with Crippen LogP contribution in [0, 0.1) is 5.82 Å². The Kier molecular flexibility index (Phi) is 3.14. The molecule has 0 N–H and O–H groups in total. The summed E-state index contributed by atoms with van der Waals surface area (Å²) in [5.41, 5.74) is 1.17. The van der Waals surface area contributed by atoms with Gasteiger partial charge in [0.15, 0.2) is 6.10 Å². The lowest BCUT2D eigenvalue weighted by molar-refractivity contribution is -0.125. The Bertz CT molecular complexity index is 656. The van der Waals surface area contributed by atoms with Crippen LogP contribution in [0.5, 0.6) is 5.75 Å². The van der Waals surface area contributed by atoms with Crippen LogP contribution in [-0.4, -0.2) is 12.0 Å². The lowest BCUT2D eigenvalue weighted by atomic mass is 10.1. The first-order chi connectivity index (χ1) is 9.66. The van der Waals surface area contributed by atoms with Gasteiger partial charge in [0.1, 0.15) is 11.6 Å². The van der Waals surface area contributed by atoms with Gasteiger partial charge in [0.05, 0.1) is 12.2 Å². The zero-order valence-electron chi connectivity index (χ0n) is 11.0. The van der Waals surface area contributed by atoms with Gasteiger partial charge >= 0.3 is 0 Å². The van der Waals surface area contributed by atoms with Gasteiger partial charge in [0, 0.05) is 5.56 Å². The molecule has 1 aliphatic heterocycles. The molecule has 0 saturated heterocycles. The Morgan fingerprint density at radius 2 is 1.85 bits per heavy atom. The van der Waals surface area contributed by atoms with Crippen LogP contribution >= 0.6 is 0 Å². The molecule has 3 nitrogen and oxygen atoms in total. The van der Waals surface area contributed by atoms with Gasteiger partial charge in [-0.3, -0.25) is 4.79 Å². The topological polar surface area (TPSA) is 29.5 Å². The van der Waals surface area contributed by atoms with E-state index >= 15 is 0 Å². The molecule has 0 bridgehead atoms. The van der Waals surface area contributed by atoms with E-state index in [1.807, 2.05) is 18.2 Å². The quantitative estimate of drug-likeness (QED) is 0.839.